The molecule has 2 unspecified atom stereocenters. The minimum absolute atomic E-state index is 0.429. The lowest BCUT2D eigenvalue weighted by Crippen LogP contribution is -2.25. The predicted molar refractivity (Wildman–Crippen MR) is 72.3 cm³/mol. The van der Waals surface area contributed by atoms with Gasteiger partial charge in [-0.05, 0) is 17.7 Å². The maximum atomic E-state index is 11.8. The highest BCUT2D eigenvalue weighted by atomic mass is 16.5. The second kappa shape index (κ2) is 5.81. The van der Waals surface area contributed by atoms with E-state index in [0.717, 1.165) is 5.56 Å². The monoisotopic (exact) mass is 279 g/mol. The van der Waals surface area contributed by atoms with E-state index in [-0.39, 0.29) is 0 Å². The van der Waals surface area contributed by atoms with E-state index in [1.807, 2.05) is 6.07 Å². The number of carbonyl (C=O) groups is 1. The third-order valence-electron chi connectivity index (χ3n) is 3.08. The number of hydrogen-bond acceptors (Lipinski definition) is 6. The zero-order chi connectivity index (χ0) is 14.7. The summed E-state index contributed by atoms with van der Waals surface area (Å²) in [4.78, 5) is 15.9. The molecule has 0 saturated carbocycles. The Labute approximate surface area is 117 Å². The van der Waals surface area contributed by atoms with Crippen LogP contribution in [0.1, 0.15) is 18.6 Å². The minimum atomic E-state index is -0.696. The summed E-state index contributed by atoms with van der Waals surface area (Å²) in [7, 11) is 4.45. The lowest BCUT2D eigenvalue weighted by Gasteiger charge is -2.17. The number of benzene rings is 1. The average Bonchev–Trinajstić information content (AvgIpc) is 2.87. The van der Waals surface area contributed by atoms with Gasteiger partial charge >= 0.3 is 5.97 Å². The third kappa shape index (κ3) is 2.54. The molecule has 1 aromatic rings. The molecule has 2 rings (SSSR count). The second-order valence-electron chi connectivity index (χ2n) is 4.27. The van der Waals surface area contributed by atoms with E-state index in [0.29, 0.717) is 17.4 Å². The molecule has 1 aromatic carbocycles. The minimum Gasteiger partial charge on any atom is -0.493 e. The molecule has 0 fully saturated rings. The number of carbonyl (C=O) groups excluding carboxylic acids is 1. The quantitative estimate of drug-likeness (QED) is 0.785. The van der Waals surface area contributed by atoms with Gasteiger partial charge in [0.2, 0.25) is 0 Å². The first-order valence-electron chi connectivity index (χ1n) is 6.11. The van der Waals surface area contributed by atoms with Crippen LogP contribution in [0.3, 0.4) is 0 Å². The highest BCUT2D eigenvalue weighted by Crippen LogP contribution is 2.35. The van der Waals surface area contributed by atoms with Gasteiger partial charge in [0.25, 0.3) is 0 Å². The Morgan fingerprint density at radius 3 is 2.50 bits per heavy atom. The summed E-state index contributed by atoms with van der Waals surface area (Å²) in [6, 6.07) is 4.65. The van der Waals surface area contributed by atoms with E-state index in [1.165, 1.54) is 7.11 Å². The molecule has 2 atom stereocenters. The standard InChI is InChI=1S/C14H17NO5/c1-8-15-12(14(16)19-4)13(20-8)9-5-6-10(17-2)11(7-9)18-3/h5-7,12-13H,1-4H3. The van der Waals surface area contributed by atoms with Crippen LogP contribution in [0.15, 0.2) is 23.2 Å². The van der Waals surface area contributed by atoms with Crippen molar-refractivity contribution in [1.29, 1.82) is 0 Å². The molecule has 0 saturated heterocycles. The number of hydrogen-bond donors (Lipinski definition) is 0. The topological polar surface area (TPSA) is 66.4 Å². The summed E-state index contributed by atoms with van der Waals surface area (Å²) in [6.45, 7) is 1.71. The molecule has 0 aliphatic carbocycles. The summed E-state index contributed by atoms with van der Waals surface area (Å²) in [5, 5.41) is 0. The zero-order valence-electron chi connectivity index (χ0n) is 11.9. The summed E-state index contributed by atoms with van der Waals surface area (Å²) in [5.74, 6) is 1.21. The van der Waals surface area contributed by atoms with Gasteiger partial charge in [-0.25, -0.2) is 9.79 Å². The Balaban J connectivity index is 2.33. The van der Waals surface area contributed by atoms with Crippen molar-refractivity contribution < 1.29 is 23.7 Å². The van der Waals surface area contributed by atoms with Gasteiger partial charge in [-0.2, -0.15) is 0 Å². The second-order valence-corrected chi connectivity index (χ2v) is 4.27. The zero-order valence-corrected chi connectivity index (χ0v) is 11.9. The Hall–Kier alpha value is -2.24. The van der Waals surface area contributed by atoms with Crippen molar-refractivity contribution in [3.63, 3.8) is 0 Å². The van der Waals surface area contributed by atoms with Crippen molar-refractivity contribution in [3.05, 3.63) is 23.8 Å². The molecule has 0 aromatic heterocycles. The molecule has 0 radical (unpaired) electrons. The summed E-state index contributed by atoms with van der Waals surface area (Å²) < 4.78 is 20.8. The number of ether oxygens (including phenoxy) is 4. The first-order valence-corrected chi connectivity index (χ1v) is 6.11. The maximum Gasteiger partial charge on any atom is 0.335 e. The lowest BCUT2D eigenvalue weighted by atomic mass is 10.0. The fraction of sp³-hybridized carbons (Fsp3) is 0.429. The number of esters is 1. The highest BCUT2D eigenvalue weighted by Gasteiger charge is 2.37. The molecule has 0 amide bonds. The third-order valence-corrected chi connectivity index (χ3v) is 3.08. The van der Waals surface area contributed by atoms with Crippen molar-refractivity contribution in [3.8, 4) is 11.5 Å². The molecule has 1 heterocycles. The van der Waals surface area contributed by atoms with Gasteiger partial charge in [-0.3, -0.25) is 0 Å². The Bertz CT molecular complexity index is 540. The van der Waals surface area contributed by atoms with Gasteiger partial charge < -0.3 is 18.9 Å². The first kappa shape index (κ1) is 14.2. The van der Waals surface area contributed by atoms with Crippen LogP contribution in [0, 0.1) is 0 Å². The first-order chi connectivity index (χ1) is 9.60. The van der Waals surface area contributed by atoms with Crippen LogP contribution < -0.4 is 9.47 Å². The van der Waals surface area contributed by atoms with Crippen molar-refractivity contribution in [2.75, 3.05) is 21.3 Å². The van der Waals surface area contributed by atoms with Gasteiger partial charge in [0.05, 0.1) is 21.3 Å². The van der Waals surface area contributed by atoms with Gasteiger partial charge in [0.1, 0.15) is 0 Å². The number of methoxy groups -OCH3 is 3. The summed E-state index contributed by atoms with van der Waals surface area (Å²) in [5.41, 5.74) is 0.777. The largest absolute Gasteiger partial charge is 0.493 e. The molecule has 108 valence electrons. The van der Waals surface area contributed by atoms with E-state index >= 15 is 0 Å². The van der Waals surface area contributed by atoms with E-state index in [4.69, 9.17) is 18.9 Å². The normalized spacial score (nSPS) is 20.9. The van der Waals surface area contributed by atoms with Gasteiger partial charge in [0, 0.05) is 6.92 Å². The van der Waals surface area contributed by atoms with Crippen molar-refractivity contribution in [2.45, 2.75) is 19.1 Å². The van der Waals surface area contributed by atoms with Crippen LogP contribution in [0.5, 0.6) is 11.5 Å². The number of aliphatic imine (C=N–C) groups is 1. The highest BCUT2D eigenvalue weighted by molar-refractivity contribution is 5.85. The van der Waals surface area contributed by atoms with Crippen molar-refractivity contribution in [2.24, 2.45) is 4.99 Å². The van der Waals surface area contributed by atoms with E-state index in [2.05, 4.69) is 4.99 Å². The van der Waals surface area contributed by atoms with Crippen LogP contribution in [-0.4, -0.2) is 39.2 Å². The van der Waals surface area contributed by atoms with Gasteiger partial charge in [-0.15, -0.1) is 0 Å². The molecular weight excluding hydrogens is 262 g/mol. The fourth-order valence-electron chi connectivity index (χ4n) is 2.12. The Morgan fingerprint density at radius 1 is 1.20 bits per heavy atom. The van der Waals surface area contributed by atoms with Crippen molar-refractivity contribution >= 4 is 11.9 Å². The lowest BCUT2D eigenvalue weighted by molar-refractivity contribution is -0.143. The Kier molecular flexibility index (Phi) is 4.12. The van der Waals surface area contributed by atoms with Crippen LogP contribution in [0.2, 0.25) is 0 Å². The van der Waals surface area contributed by atoms with Crippen LogP contribution >= 0.6 is 0 Å². The molecule has 6 nitrogen and oxygen atoms in total. The molecule has 0 N–H and O–H groups in total. The van der Waals surface area contributed by atoms with Crippen molar-refractivity contribution in [1.82, 2.24) is 0 Å². The van der Waals surface area contributed by atoms with E-state index in [9.17, 15) is 4.79 Å². The number of rotatable bonds is 4. The van der Waals surface area contributed by atoms with Gasteiger partial charge in [-0.1, -0.05) is 6.07 Å². The van der Waals surface area contributed by atoms with E-state index in [1.54, 1.807) is 33.3 Å². The Morgan fingerprint density at radius 2 is 1.90 bits per heavy atom. The average molecular weight is 279 g/mol. The maximum absolute atomic E-state index is 11.8. The number of nitrogens with zero attached hydrogens (tertiary/aromatic N) is 1. The fourth-order valence-corrected chi connectivity index (χ4v) is 2.12. The molecular formula is C14H17NO5. The molecule has 0 bridgehead atoms. The van der Waals surface area contributed by atoms with Crippen LogP contribution in [0.4, 0.5) is 0 Å². The molecule has 0 spiro atoms. The van der Waals surface area contributed by atoms with Crippen LogP contribution in [-0.2, 0) is 14.3 Å². The van der Waals surface area contributed by atoms with Crippen LogP contribution in [0.25, 0.3) is 0 Å². The molecule has 20 heavy (non-hydrogen) atoms. The summed E-state index contributed by atoms with van der Waals surface area (Å²) >= 11 is 0. The molecule has 6 heteroatoms. The summed E-state index contributed by atoms with van der Waals surface area (Å²) in [6.07, 6.45) is -0.512. The smallest absolute Gasteiger partial charge is 0.335 e. The molecule has 1 aliphatic rings. The molecule has 1 aliphatic heterocycles. The SMILES string of the molecule is COC(=O)C1N=C(C)OC1c1ccc(OC)c(OC)c1. The van der Waals surface area contributed by atoms with E-state index < -0.39 is 18.1 Å². The predicted octanol–water partition coefficient (Wildman–Crippen LogP) is 1.74. The van der Waals surface area contributed by atoms with Gasteiger partial charge in [0.15, 0.2) is 29.5 Å².